The quantitative estimate of drug-likeness (QED) is 0.257. The van der Waals surface area contributed by atoms with Crippen molar-refractivity contribution >= 4 is 11.7 Å². The predicted molar refractivity (Wildman–Crippen MR) is 93.8 cm³/mol. The van der Waals surface area contributed by atoms with Gasteiger partial charge in [-0.2, -0.15) is 13.2 Å². The van der Waals surface area contributed by atoms with E-state index in [-0.39, 0.29) is 28.6 Å². The van der Waals surface area contributed by atoms with E-state index in [1.54, 1.807) is 0 Å². The second kappa shape index (κ2) is 7.97. The second-order valence-electron chi connectivity index (χ2n) is 5.62. The number of nitro groups is 1. The molecule has 0 spiro atoms. The maximum atomic E-state index is 12.5. The van der Waals surface area contributed by atoms with Gasteiger partial charge >= 0.3 is 12.1 Å². The molecule has 3 rings (SSSR count). The summed E-state index contributed by atoms with van der Waals surface area (Å²) in [5, 5.41) is 11.0. The van der Waals surface area contributed by atoms with Crippen LogP contribution in [0.5, 0.6) is 17.4 Å². The zero-order valence-electron chi connectivity index (χ0n) is 14.4. The lowest BCUT2D eigenvalue weighted by Crippen LogP contribution is -2.10. The molecule has 0 radical (unpaired) electrons. The van der Waals surface area contributed by atoms with Crippen LogP contribution in [0.4, 0.5) is 18.9 Å². The van der Waals surface area contributed by atoms with Gasteiger partial charge in [0.2, 0.25) is 5.88 Å². The van der Waals surface area contributed by atoms with Gasteiger partial charge in [-0.25, -0.2) is 9.78 Å². The van der Waals surface area contributed by atoms with Crippen molar-refractivity contribution in [3.8, 4) is 17.4 Å². The first-order chi connectivity index (χ1) is 13.7. The van der Waals surface area contributed by atoms with E-state index in [2.05, 4.69) is 4.98 Å². The number of carbonyl (C=O) groups is 1. The van der Waals surface area contributed by atoms with Gasteiger partial charge in [-0.05, 0) is 36.4 Å². The molecule has 29 heavy (non-hydrogen) atoms. The number of hydrogen-bond donors (Lipinski definition) is 0. The van der Waals surface area contributed by atoms with Crippen LogP contribution in [-0.4, -0.2) is 15.9 Å². The lowest BCUT2D eigenvalue weighted by Gasteiger charge is -2.09. The monoisotopic (exact) mass is 404 g/mol. The van der Waals surface area contributed by atoms with Gasteiger partial charge in [0.1, 0.15) is 17.1 Å². The molecule has 148 valence electrons. The Bertz CT molecular complexity index is 1030. The summed E-state index contributed by atoms with van der Waals surface area (Å²) in [5.74, 6) is -0.623. The molecule has 0 saturated heterocycles. The Morgan fingerprint density at radius 2 is 1.62 bits per heavy atom. The molecular formula is C19H11F3N2O5. The fourth-order valence-corrected chi connectivity index (χ4v) is 2.27. The number of pyridine rings is 1. The van der Waals surface area contributed by atoms with Crippen molar-refractivity contribution in [2.45, 2.75) is 6.18 Å². The van der Waals surface area contributed by atoms with E-state index in [9.17, 15) is 28.1 Å². The fourth-order valence-electron chi connectivity index (χ4n) is 2.27. The Hall–Kier alpha value is -3.95. The molecule has 0 aliphatic heterocycles. The largest absolute Gasteiger partial charge is 0.439 e. The van der Waals surface area contributed by atoms with Crippen molar-refractivity contribution in [2.24, 2.45) is 0 Å². The van der Waals surface area contributed by atoms with Gasteiger partial charge in [0.25, 0.3) is 5.69 Å². The number of hydrogen-bond acceptors (Lipinski definition) is 6. The van der Waals surface area contributed by atoms with Gasteiger partial charge in [0.05, 0.1) is 10.5 Å². The smallest absolute Gasteiger partial charge is 0.417 e. The molecule has 0 atom stereocenters. The molecule has 7 nitrogen and oxygen atoms in total. The number of aromatic nitrogens is 1. The minimum atomic E-state index is -4.50. The molecule has 0 fully saturated rings. The SMILES string of the molecule is O=C(Oc1ccc(Oc2ccc(C(F)(F)F)cn2)cc1)c1ccccc1[N+](=O)[O-]. The Balaban J connectivity index is 1.68. The summed E-state index contributed by atoms with van der Waals surface area (Å²) >= 11 is 0. The lowest BCUT2D eigenvalue weighted by atomic mass is 10.2. The Morgan fingerprint density at radius 3 is 2.21 bits per heavy atom. The molecule has 3 aromatic rings. The van der Waals surface area contributed by atoms with Crippen LogP contribution in [0.15, 0.2) is 66.9 Å². The van der Waals surface area contributed by atoms with E-state index in [1.807, 2.05) is 0 Å². The Morgan fingerprint density at radius 1 is 0.966 bits per heavy atom. The van der Waals surface area contributed by atoms with Gasteiger partial charge in [0, 0.05) is 18.3 Å². The van der Waals surface area contributed by atoms with E-state index in [1.165, 1.54) is 48.5 Å². The van der Waals surface area contributed by atoms with E-state index in [0.29, 0.717) is 6.20 Å². The number of nitro benzene ring substituents is 1. The average Bonchev–Trinajstić information content (AvgIpc) is 2.69. The maximum Gasteiger partial charge on any atom is 0.417 e. The summed E-state index contributed by atoms with van der Waals surface area (Å²) in [7, 11) is 0. The minimum absolute atomic E-state index is 0.0531. The summed E-state index contributed by atoms with van der Waals surface area (Å²) in [6, 6.07) is 12.8. The number of carbonyl (C=O) groups excluding carboxylic acids is 1. The number of rotatable bonds is 5. The third kappa shape index (κ3) is 4.86. The molecule has 0 aliphatic rings. The Kier molecular flexibility index (Phi) is 5.44. The number of halogens is 3. The minimum Gasteiger partial charge on any atom is -0.439 e. The first-order valence-corrected chi connectivity index (χ1v) is 8.01. The van der Waals surface area contributed by atoms with Crippen molar-refractivity contribution in [3.05, 3.63) is 88.1 Å². The van der Waals surface area contributed by atoms with Gasteiger partial charge in [-0.15, -0.1) is 0 Å². The highest BCUT2D eigenvalue weighted by Gasteiger charge is 2.30. The van der Waals surface area contributed by atoms with Crippen LogP contribution in [0.1, 0.15) is 15.9 Å². The molecule has 0 bridgehead atoms. The average molecular weight is 404 g/mol. The molecule has 1 aromatic heterocycles. The van der Waals surface area contributed by atoms with E-state index in [4.69, 9.17) is 9.47 Å². The molecule has 0 amide bonds. The summed E-state index contributed by atoms with van der Waals surface area (Å²) in [4.78, 5) is 26.0. The van der Waals surface area contributed by atoms with Crippen molar-refractivity contribution in [1.82, 2.24) is 4.98 Å². The number of benzene rings is 2. The van der Waals surface area contributed by atoms with Crippen LogP contribution in [0.25, 0.3) is 0 Å². The van der Waals surface area contributed by atoms with Crippen LogP contribution in [0, 0.1) is 10.1 Å². The second-order valence-corrected chi connectivity index (χ2v) is 5.62. The topological polar surface area (TPSA) is 91.6 Å². The van der Waals surface area contributed by atoms with Crippen LogP contribution in [0.2, 0.25) is 0 Å². The fraction of sp³-hybridized carbons (Fsp3) is 0.0526. The molecular weight excluding hydrogens is 393 g/mol. The van der Waals surface area contributed by atoms with Crippen molar-refractivity contribution in [2.75, 3.05) is 0 Å². The number of ether oxygens (including phenoxy) is 2. The van der Waals surface area contributed by atoms with Gasteiger partial charge in [0.15, 0.2) is 0 Å². The third-order valence-corrected chi connectivity index (χ3v) is 3.64. The number of alkyl halides is 3. The normalized spacial score (nSPS) is 11.0. The molecule has 0 aliphatic carbocycles. The molecule has 10 heteroatoms. The zero-order valence-corrected chi connectivity index (χ0v) is 14.4. The predicted octanol–water partition coefficient (Wildman–Crippen LogP) is 5.02. The van der Waals surface area contributed by atoms with Crippen molar-refractivity contribution < 1.29 is 32.4 Å². The summed E-state index contributed by atoms with van der Waals surface area (Å²) < 4.78 is 48.0. The van der Waals surface area contributed by atoms with E-state index in [0.717, 1.165) is 12.1 Å². The molecule has 0 unspecified atom stereocenters. The summed E-state index contributed by atoms with van der Waals surface area (Å²) in [5.41, 5.74) is -1.49. The molecule has 2 aromatic carbocycles. The van der Waals surface area contributed by atoms with Gasteiger partial charge in [-0.3, -0.25) is 10.1 Å². The lowest BCUT2D eigenvalue weighted by molar-refractivity contribution is -0.385. The number of para-hydroxylation sites is 1. The van der Waals surface area contributed by atoms with Crippen molar-refractivity contribution in [3.63, 3.8) is 0 Å². The van der Waals surface area contributed by atoms with Crippen molar-refractivity contribution in [1.29, 1.82) is 0 Å². The highest BCUT2D eigenvalue weighted by atomic mass is 19.4. The van der Waals surface area contributed by atoms with Crippen LogP contribution >= 0.6 is 0 Å². The first-order valence-electron chi connectivity index (χ1n) is 8.01. The maximum absolute atomic E-state index is 12.5. The summed E-state index contributed by atoms with van der Waals surface area (Å²) in [6.07, 6.45) is -3.84. The zero-order chi connectivity index (χ0) is 21.0. The number of esters is 1. The van der Waals surface area contributed by atoms with Crippen LogP contribution in [0.3, 0.4) is 0 Å². The highest BCUT2D eigenvalue weighted by Crippen LogP contribution is 2.30. The molecule has 0 saturated carbocycles. The summed E-state index contributed by atoms with van der Waals surface area (Å²) in [6.45, 7) is 0. The molecule has 0 N–H and O–H groups in total. The van der Waals surface area contributed by atoms with E-state index < -0.39 is 22.6 Å². The van der Waals surface area contributed by atoms with Crippen LogP contribution < -0.4 is 9.47 Å². The first kappa shape index (κ1) is 19.8. The van der Waals surface area contributed by atoms with E-state index >= 15 is 0 Å². The van der Waals surface area contributed by atoms with Gasteiger partial charge < -0.3 is 9.47 Å². The van der Waals surface area contributed by atoms with Gasteiger partial charge in [-0.1, -0.05) is 12.1 Å². The highest BCUT2D eigenvalue weighted by molar-refractivity contribution is 5.95. The standard InChI is InChI=1S/C19H11F3N2O5/c20-19(21,22)12-5-10-17(23-11-12)28-13-6-8-14(9-7-13)29-18(25)15-3-1-2-4-16(15)24(26)27/h1-11H. The van der Waals surface area contributed by atoms with Crippen LogP contribution in [-0.2, 0) is 6.18 Å². The third-order valence-electron chi connectivity index (χ3n) is 3.64. The number of nitrogens with zero attached hydrogens (tertiary/aromatic N) is 2. The Labute approximate surface area is 161 Å². The molecule has 1 heterocycles.